The molecule has 1 aliphatic heterocycles. The Labute approximate surface area is 201 Å². The third-order valence-electron chi connectivity index (χ3n) is 6.64. The Bertz CT molecular complexity index is 811. The van der Waals surface area contributed by atoms with Crippen molar-refractivity contribution in [1.29, 1.82) is 0 Å². The van der Waals surface area contributed by atoms with Crippen molar-refractivity contribution in [2.75, 3.05) is 6.54 Å². The number of carbonyl (C=O) groups is 3. The lowest BCUT2D eigenvalue weighted by Crippen LogP contribution is -2.55. The lowest BCUT2D eigenvalue weighted by molar-refractivity contribution is -0.126. The lowest BCUT2D eigenvalue weighted by atomic mass is 9.86. The zero-order chi connectivity index (χ0) is 25.5. The van der Waals surface area contributed by atoms with Crippen molar-refractivity contribution >= 4 is 28.0 Å². The summed E-state index contributed by atoms with van der Waals surface area (Å²) in [6, 6.07) is -2.49. The van der Waals surface area contributed by atoms with Crippen LogP contribution in [0.3, 0.4) is 0 Å². The van der Waals surface area contributed by atoms with Crippen LogP contribution in [-0.4, -0.2) is 66.2 Å². The van der Waals surface area contributed by atoms with Crippen molar-refractivity contribution in [1.82, 2.24) is 16.0 Å². The number of rotatable bonds is 11. The molecule has 0 aromatic heterocycles. The molecule has 34 heavy (non-hydrogen) atoms. The van der Waals surface area contributed by atoms with Gasteiger partial charge < -0.3 is 25.8 Å². The fourth-order valence-electron chi connectivity index (χ4n) is 4.60. The summed E-state index contributed by atoms with van der Waals surface area (Å²) in [4.78, 5) is 37.5. The normalized spacial score (nSPS) is 25.8. The highest BCUT2D eigenvalue weighted by atomic mass is 32.2. The first-order valence-electron chi connectivity index (χ1n) is 12.1. The van der Waals surface area contributed by atoms with Gasteiger partial charge in [-0.05, 0) is 56.8 Å². The van der Waals surface area contributed by atoms with Gasteiger partial charge in [-0.3, -0.25) is 14.1 Å². The summed E-state index contributed by atoms with van der Waals surface area (Å²) in [5.41, 5.74) is -2.31. The molecule has 196 valence electrons. The number of amides is 3. The van der Waals surface area contributed by atoms with Gasteiger partial charge >= 0.3 is 6.09 Å². The van der Waals surface area contributed by atoms with E-state index in [0.717, 1.165) is 32.1 Å². The van der Waals surface area contributed by atoms with E-state index in [1.807, 2.05) is 13.8 Å². The van der Waals surface area contributed by atoms with Gasteiger partial charge in [0.2, 0.25) is 17.3 Å². The van der Waals surface area contributed by atoms with E-state index in [0.29, 0.717) is 18.9 Å². The quantitative estimate of drug-likeness (QED) is 0.262. The maximum atomic E-state index is 13.0. The molecule has 12 heteroatoms. The van der Waals surface area contributed by atoms with Crippen LogP contribution in [0.15, 0.2) is 0 Å². The second kappa shape index (κ2) is 12.7. The Hall–Kier alpha value is -1.92. The van der Waals surface area contributed by atoms with Crippen LogP contribution >= 0.6 is 0 Å². The molecule has 1 aliphatic carbocycles. The van der Waals surface area contributed by atoms with E-state index >= 15 is 0 Å². The summed E-state index contributed by atoms with van der Waals surface area (Å²) in [5, 5.41) is 17.7. The Morgan fingerprint density at radius 3 is 2.29 bits per heavy atom. The number of carbonyl (C=O) groups excluding carboxylic acids is 3. The highest BCUT2D eigenvalue weighted by Gasteiger charge is 2.38. The second-order valence-electron chi connectivity index (χ2n) is 9.82. The first-order valence-corrected chi connectivity index (χ1v) is 13.6. The van der Waals surface area contributed by atoms with Gasteiger partial charge in [-0.1, -0.05) is 27.2 Å². The van der Waals surface area contributed by atoms with Gasteiger partial charge in [0.05, 0.1) is 6.04 Å². The van der Waals surface area contributed by atoms with E-state index in [1.54, 1.807) is 0 Å². The number of hydrogen-bond acceptors (Lipinski definition) is 7. The largest absolute Gasteiger partial charge is 0.446 e. The van der Waals surface area contributed by atoms with Gasteiger partial charge in [0.15, 0.2) is 0 Å². The second-order valence-corrected chi connectivity index (χ2v) is 11.3. The molecular formula is C22H39N3O8S. The van der Waals surface area contributed by atoms with Crippen molar-refractivity contribution in [2.45, 2.75) is 95.8 Å². The zero-order valence-electron chi connectivity index (χ0n) is 20.2. The van der Waals surface area contributed by atoms with Gasteiger partial charge in [0.1, 0.15) is 12.1 Å². The summed E-state index contributed by atoms with van der Waals surface area (Å²) in [6.45, 7) is 6.24. The molecule has 1 saturated heterocycles. The molecule has 0 radical (unpaired) electrons. The highest BCUT2D eigenvalue weighted by molar-refractivity contribution is 7.86. The predicted octanol–water partition coefficient (Wildman–Crippen LogP) is 1.31. The molecule has 1 saturated carbocycles. The van der Waals surface area contributed by atoms with E-state index in [-0.39, 0.29) is 30.8 Å². The van der Waals surface area contributed by atoms with Crippen LogP contribution in [0.4, 0.5) is 4.79 Å². The number of alkyl carbamates (subject to hydrolysis) is 1. The van der Waals surface area contributed by atoms with Crippen molar-refractivity contribution in [3.05, 3.63) is 0 Å². The van der Waals surface area contributed by atoms with Crippen LogP contribution in [0, 0.1) is 17.8 Å². The molecule has 2 rings (SSSR count). The Balaban J connectivity index is 2.05. The van der Waals surface area contributed by atoms with Crippen molar-refractivity contribution < 1.29 is 37.2 Å². The van der Waals surface area contributed by atoms with Crippen LogP contribution in [0.25, 0.3) is 0 Å². The van der Waals surface area contributed by atoms with Crippen molar-refractivity contribution in [3.8, 4) is 0 Å². The van der Waals surface area contributed by atoms with Crippen LogP contribution in [0.2, 0.25) is 0 Å². The van der Waals surface area contributed by atoms with Crippen LogP contribution in [0.5, 0.6) is 0 Å². The minimum absolute atomic E-state index is 0.00148. The van der Waals surface area contributed by atoms with Crippen LogP contribution < -0.4 is 16.0 Å². The molecule has 2 fully saturated rings. The summed E-state index contributed by atoms with van der Waals surface area (Å²) in [7, 11) is -4.91. The van der Waals surface area contributed by atoms with Crippen LogP contribution in [0.1, 0.15) is 72.1 Å². The summed E-state index contributed by atoms with van der Waals surface area (Å²) in [6.07, 6.45) is 4.09. The fraction of sp³-hybridized carbons (Fsp3) is 0.864. The summed E-state index contributed by atoms with van der Waals surface area (Å²) >= 11 is 0. The number of nitrogens with one attached hydrogen (secondary N) is 3. The third-order valence-corrected chi connectivity index (χ3v) is 7.58. The molecule has 3 amide bonds. The monoisotopic (exact) mass is 505 g/mol. The first kappa shape index (κ1) is 28.3. The minimum atomic E-state index is -4.91. The molecule has 1 heterocycles. The summed E-state index contributed by atoms with van der Waals surface area (Å²) < 4.78 is 38.0. The smallest absolute Gasteiger partial charge is 0.408 e. The average molecular weight is 506 g/mol. The Morgan fingerprint density at radius 1 is 1.15 bits per heavy atom. The van der Waals surface area contributed by atoms with E-state index in [2.05, 4.69) is 22.9 Å². The van der Waals surface area contributed by atoms with E-state index in [4.69, 9.17) is 4.74 Å². The first-order chi connectivity index (χ1) is 15.9. The molecule has 4 atom stereocenters. The molecule has 0 aromatic carbocycles. The SMILES string of the molecule is CCC1CCC(OC(=O)NC(CC(C)C)C(=O)NC(C[C@@H]2CCNC2=O)C(O)S(=O)(=O)O)CC1. The Morgan fingerprint density at radius 2 is 1.79 bits per heavy atom. The van der Waals surface area contributed by atoms with Gasteiger partial charge in [-0.2, -0.15) is 8.42 Å². The van der Waals surface area contributed by atoms with E-state index < -0.39 is 45.6 Å². The zero-order valence-corrected chi connectivity index (χ0v) is 21.0. The van der Waals surface area contributed by atoms with Gasteiger partial charge in [0, 0.05) is 12.5 Å². The molecule has 2 aliphatic rings. The number of aliphatic hydroxyl groups excluding tert-OH is 1. The van der Waals surface area contributed by atoms with Crippen molar-refractivity contribution in [3.63, 3.8) is 0 Å². The number of hydrogen-bond donors (Lipinski definition) is 5. The third kappa shape index (κ3) is 8.70. The number of aliphatic hydroxyl groups is 1. The molecule has 0 bridgehead atoms. The fourth-order valence-corrected chi connectivity index (χ4v) is 5.20. The van der Waals surface area contributed by atoms with E-state index in [1.165, 1.54) is 0 Å². The highest BCUT2D eigenvalue weighted by Crippen LogP contribution is 2.28. The lowest BCUT2D eigenvalue weighted by Gasteiger charge is -2.29. The molecule has 11 nitrogen and oxygen atoms in total. The predicted molar refractivity (Wildman–Crippen MR) is 124 cm³/mol. The minimum Gasteiger partial charge on any atom is -0.446 e. The van der Waals surface area contributed by atoms with Gasteiger partial charge in [0.25, 0.3) is 10.1 Å². The number of ether oxygens (including phenoxy) is 1. The molecule has 5 N–H and O–H groups in total. The molecule has 0 aromatic rings. The molecule has 0 spiro atoms. The maximum absolute atomic E-state index is 13.0. The average Bonchev–Trinajstić information content (AvgIpc) is 3.16. The Kier molecular flexibility index (Phi) is 10.6. The molecular weight excluding hydrogens is 466 g/mol. The molecule has 3 unspecified atom stereocenters. The maximum Gasteiger partial charge on any atom is 0.408 e. The van der Waals surface area contributed by atoms with Gasteiger partial charge in [-0.15, -0.1) is 0 Å². The van der Waals surface area contributed by atoms with Crippen LogP contribution in [-0.2, 0) is 24.4 Å². The van der Waals surface area contributed by atoms with E-state index in [9.17, 15) is 32.5 Å². The summed E-state index contributed by atoms with van der Waals surface area (Å²) in [5.74, 6) is -1.04. The topological polar surface area (TPSA) is 171 Å². The van der Waals surface area contributed by atoms with Crippen molar-refractivity contribution in [2.24, 2.45) is 17.8 Å². The standard InChI is InChI=1S/C22H39N3O8S/c1-4-14-5-7-16(8-6-14)33-22(29)25-17(11-13(2)3)20(27)24-18(21(28)34(30,31)32)12-15-9-10-23-19(15)26/h13-18,21,28H,4-12H2,1-3H3,(H,23,26)(H,24,27)(H,25,29)(H,30,31,32)/t14?,15-,16?,17?,18?,21?/m0/s1. The van der Waals surface area contributed by atoms with Gasteiger partial charge in [-0.25, -0.2) is 4.79 Å².